The Morgan fingerprint density at radius 3 is 2.50 bits per heavy atom. The molecule has 0 aromatic heterocycles. The van der Waals surface area contributed by atoms with E-state index in [-0.39, 0.29) is 11.4 Å². The smallest absolute Gasteiger partial charge is 0.317 e. The first-order valence-corrected chi connectivity index (χ1v) is 9.30. The Labute approximate surface area is 150 Å². The van der Waals surface area contributed by atoms with E-state index in [0.717, 1.165) is 37.5 Å². The summed E-state index contributed by atoms with van der Waals surface area (Å²) in [4.78, 5) is 16.6. The number of halogens is 1. The lowest BCUT2D eigenvalue weighted by Crippen LogP contribution is -2.44. The molecule has 4 nitrogen and oxygen atoms in total. The number of likely N-dealkylation sites (tertiary alicyclic amines) is 1. The molecule has 1 saturated carbocycles. The molecule has 1 N–H and O–H groups in total. The summed E-state index contributed by atoms with van der Waals surface area (Å²) in [5.74, 6) is 0.628. The van der Waals surface area contributed by atoms with Crippen LogP contribution in [0.3, 0.4) is 0 Å². The van der Waals surface area contributed by atoms with Crippen LogP contribution in [0.5, 0.6) is 0 Å². The minimum absolute atomic E-state index is 0.0502. The molecular formula is C19H28ClN3O. The summed E-state index contributed by atoms with van der Waals surface area (Å²) in [6, 6.07) is 8.10. The van der Waals surface area contributed by atoms with Gasteiger partial charge in [-0.05, 0) is 69.4 Å². The van der Waals surface area contributed by atoms with Crippen molar-refractivity contribution in [2.75, 3.05) is 40.3 Å². The number of carbonyl (C=O) groups excluding carboxylic acids is 1. The van der Waals surface area contributed by atoms with Crippen molar-refractivity contribution in [1.29, 1.82) is 0 Å². The van der Waals surface area contributed by atoms with E-state index in [0.29, 0.717) is 12.5 Å². The number of benzene rings is 1. The third-order valence-electron chi connectivity index (χ3n) is 5.61. The molecule has 24 heavy (non-hydrogen) atoms. The lowest BCUT2D eigenvalue weighted by atomic mass is 9.96. The molecule has 2 fully saturated rings. The van der Waals surface area contributed by atoms with E-state index >= 15 is 0 Å². The fraction of sp³-hybridized carbons (Fsp3) is 0.632. The van der Waals surface area contributed by atoms with Crippen LogP contribution in [0, 0.1) is 5.92 Å². The largest absolute Gasteiger partial charge is 0.337 e. The Morgan fingerprint density at radius 1 is 1.29 bits per heavy atom. The molecule has 0 atom stereocenters. The highest BCUT2D eigenvalue weighted by Crippen LogP contribution is 2.47. The van der Waals surface area contributed by atoms with E-state index in [4.69, 9.17) is 11.6 Å². The third kappa shape index (κ3) is 4.22. The molecule has 1 saturated heterocycles. The summed E-state index contributed by atoms with van der Waals surface area (Å²) in [6.45, 7) is 3.85. The first-order chi connectivity index (χ1) is 11.5. The van der Waals surface area contributed by atoms with Crippen LogP contribution in [0.2, 0.25) is 5.02 Å². The Balaban J connectivity index is 1.47. The fourth-order valence-electron chi connectivity index (χ4n) is 3.62. The summed E-state index contributed by atoms with van der Waals surface area (Å²) in [5.41, 5.74) is 1.40. The van der Waals surface area contributed by atoms with Crippen molar-refractivity contribution >= 4 is 17.6 Å². The topological polar surface area (TPSA) is 35.6 Å². The van der Waals surface area contributed by atoms with Crippen LogP contribution in [-0.2, 0) is 5.41 Å². The normalized spacial score (nSPS) is 20.6. The summed E-state index contributed by atoms with van der Waals surface area (Å²) >= 11 is 5.97. The van der Waals surface area contributed by atoms with Gasteiger partial charge in [0.25, 0.3) is 0 Å². The molecule has 0 unspecified atom stereocenters. The monoisotopic (exact) mass is 349 g/mol. The Kier molecular flexibility index (Phi) is 5.36. The minimum atomic E-state index is 0.0502. The number of amides is 2. The van der Waals surface area contributed by atoms with Gasteiger partial charge in [-0.3, -0.25) is 0 Å². The molecule has 1 aromatic carbocycles. The number of nitrogens with one attached hydrogen (secondary N) is 1. The quantitative estimate of drug-likeness (QED) is 0.884. The summed E-state index contributed by atoms with van der Waals surface area (Å²) in [5, 5.41) is 3.90. The van der Waals surface area contributed by atoms with E-state index in [1.807, 2.05) is 24.1 Å². The van der Waals surface area contributed by atoms with E-state index in [9.17, 15) is 4.79 Å². The summed E-state index contributed by atoms with van der Waals surface area (Å²) in [6.07, 6.45) is 4.63. The average Bonchev–Trinajstić information content (AvgIpc) is 3.36. The molecule has 2 aliphatic rings. The molecule has 0 radical (unpaired) electrons. The first-order valence-electron chi connectivity index (χ1n) is 8.92. The average molecular weight is 350 g/mol. The van der Waals surface area contributed by atoms with Crippen LogP contribution in [0.15, 0.2) is 24.3 Å². The summed E-state index contributed by atoms with van der Waals surface area (Å²) < 4.78 is 0. The van der Waals surface area contributed by atoms with Gasteiger partial charge in [0, 0.05) is 30.6 Å². The second-order valence-electron chi connectivity index (χ2n) is 7.57. The molecule has 3 rings (SSSR count). The highest BCUT2D eigenvalue weighted by atomic mass is 35.5. The number of carbonyl (C=O) groups is 1. The number of nitrogens with zero attached hydrogens (tertiary/aromatic N) is 2. The van der Waals surface area contributed by atoms with Crippen LogP contribution in [-0.4, -0.2) is 56.1 Å². The highest BCUT2D eigenvalue weighted by Gasteiger charge is 2.44. The third-order valence-corrected chi connectivity index (χ3v) is 5.86. The first kappa shape index (κ1) is 17.6. The lowest BCUT2D eigenvalue weighted by Gasteiger charge is -2.32. The van der Waals surface area contributed by atoms with Crippen LogP contribution in [0.1, 0.15) is 31.2 Å². The Hall–Kier alpha value is -1.26. The van der Waals surface area contributed by atoms with E-state index in [1.165, 1.54) is 18.4 Å². The molecule has 0 spiro atoms. The number of hydrogen-bond donors (Lipinski definition) is 1. The SMILES string of the molecule is CN1CCC(CN(C)C(=O)NCC2(c3ccc(Cl)cc3)CC2)CC1. The van der Waals surface area contributed by atoms with Gasteiger partial charge in [0.1, 0.15) is 0 Å². The Morgan fingerprint density at radius 2 is 1.92 bits per heavy atom. The Bertz CT molecular complexity index is 562. The molecular weight excluding hydrogens is 322 g/mol. The molecule has 132 valence electrons. The maximum absolute atomic E-state index is 12.4. The number of piperidine rings is 1. The standard InChI is InChI=1S/C19H28ClN3O/c1-22-11-7-15(8-12-22)13-23(2)18(24)21-14-19(9-10-19)16-3-5-17(20)6-4-16/h3-6,15H,7-14H2,1-2H3,(H,21,24). The number of urea groups is 1. The maximum Gasteiger partial charge on any atom is 0.317 e. The molecule has 0 bridgehead atoms. The lowest BCUT2D eigenvalue weighted by molar-refractivity contribution is 0.170. The van der Waals surface area contributed by atoms with Gasteiger partial charge in [-0.2, -0.15) is 0 Å². The molecule has 1 heterocycles. The predicted octanol–water partition coefficient (Wildman–Crippen LogP) is 3.35. The van der Waals surface area contributed by atoms with Gasteiger partial charge in [0.05, 0.1) is 0 Å². The van der Waals surface area contributed by atoms with Crippen molar-refractivity contribution in [2.24, 2.45) is 5.92 Å². The van der Waals surface area contributed by atoms with Crippen molar-refractivity contribution in [3.8, 4) is 0 Å². The van der Waals surface area contributed by atoms with Gasteiger partial charge < -0.3 is 15.1 Å². The van der Waals surface area contributed by atoms with Gasteiger partial charge >= 0.3 is 6.03 Å². The van der Waals surface area contributed by atoms with Gasteiger partial charge in [0.2, 0.25) is 0 Å². The zero-order valence-electron chi connectivity index (χ0n) is 14.7. The van der Waals surface area contributed by atoms with Gasteiger partial charge in [-0.15, -0.1) is 0 Å². The van der Waals surface area contributed by atoms with Gasteiger partial charge in [-0.1, -0.05) is 23.7 Å². The zero-order chi connectivity index (χ0) is 17.2. The van der Waals surface area contributed by atoms with Crippen LogP contribution in [0.25, 0.3) is 0 Å². The zero-order valence-corrected chi connectivity index (χ0v) is 15.5. The van der Waals surface area contributed by atoms with Crippen LogP contribution in [0.4, 0.5) is 4.79 Å². The second kappa shape index (κ2) is 7.32. The van der Waals surface area contributed by atoms with Crippen LogP contribution >= 0.6 is 11.6 Å². The number of hydrogen-bond acceptors (Lipinski definition) is 2. The van der Waals surface area contributed by atoms with Crippen LogP contribution < -0.4 is 5.32 Å². The van der Waals surface area contributed by atoms with Crippen molar-refractivity contribution in [3.63, 3.8) is 0 Å². The van der Waals surface area contributed by atoms with Gasteiger partial charge in [0.15, 0.2) is 0 Å². The van der Waals surface area contributed by atoms with Crippen molar-refractivity contribution in [3.05, 3.63) is 34.9 Å². The molecule has 5 heteroatoms. The maximum atomic E-state index is 12.4. The van der Waals surface area contributed by atoms with E-state index in [2.05, 4.69) is 29.4 Å². The molecule has 1 aliphatic carbocycles. The molecule has 2 amide bonds. The molecule has 1 aliphatic heterocycles. The predicted molar refractivity (Wildman–Crippen MR) is 98.6 cm³/mol. The number of rotatable bonds is 5. The van der Waals surface area contributed by atoms with E-state index in [1.54, 1.807) is 0 Å². The second-order valence-corrected chi connectivity index (χ2v) is 8.01. The minimum Gasteiger partial charge on any atom is -0.337 e. The van der Waals surface area contributed by atoms with Gasteiger partial charge in [-0.25, -0.2) is 4.79 Å². The highest BCUT2D eigenvalue weighted by molar-refractivity contribution is 6.30. The molecule has 1 aromatic rings. The van der Waals surface area contributed by atoms with Crippen molar-refractivity contribution in [2.45, 2.75) is 31.1 Å². The van der Waals surface area contributed by atoms with Crippen molar-refractivity contribution in [1.82, 2.24) is 15.1 Å². The summed E-state index contributed by atoms with van der Waals surface area (Å²) in [7, 11) is 4.08. The van der Waals surface area contributed by atoms with E-state index < -0.39 is 0 Å². The van der Waals surface area contributed by atoms with Crippen molar-refractivity contribution < 1.29 is 4.79 Å². The fourth-order valence-corrected chi connectivity index (χ4v) is 3.74.